The molecule has 0 aliphatic carbocycles. The molecular formula is C16H14ClN5O2. The van der Waals surface area contributed by atoms with Crippen LogP contribution in [0.2, 0.25) is 5.02 Å². The molecule has 7 nitrogen and oxygen atoms in total. The van der Waals surface area contributed by atoms with Crippen molar-refractivity contribution < 1.29 is 9.53 Å². The summed E-state index contributed by atoms with van der Waals surface area (Å²) >= 11 is 5.90. The Hall–Kier alpha value is -2.93. The predicted octanol–water partition coefficient (Wildman–Crippen LogP) is 2.72. The molecule has 8 heteroatoms. The molecule has 3 aromatic rings. The van der Waals surface area contributed by atoms with Crippen LogP contribution in [0.25, 0.3) is 5.69 Å². The van der Waals surface area contributed by atoms with E-state index in [0.717, 1.165) is 5.69 Å². The van der Waals surface area contributed by atoms with Gasteiger partial charge in [-0.15, -0.1) is 5.10 Å². The summed E-state index contributed by atoms with van der Waals surface area (Å²) in [7, 11) is 0. The van der Waals surface area contributed by atoms with E-state index in [1.807, 2.05) is 0 Å². The third-order valence-electron chi connectivity index (χ3n) is 3.22. The number of hydrogen-bond acceptors (Lipinski definition) is 5. The van der Waals surface area contributed by atoms with Gasteiger partial charge >= 0.3 is 0 Å². The number of ether oxygens (including phenoxy) is 1. The first kappa shape index (κ1) is 15.9. The maximum absolute atomic E-state index is 12.2. The van der Waals surface area contributed by atoms with Crippen molar-refractivity contribution in [2.45, 2.75) is 13.0 Å². The normalized spacial score (nSPS) is 11.8. The minimum Gasteiger partial charge on any atom is -0.481 e. The summed E-state index contributed by atoms with van der Waals surface area (Å²) in [5, 5.41) is 14.3. The molecule has 1 heterocycles. The fourth-order valence-electron chi connectivity index (χ4n) is 2.02. The van der Waals surface area contributed by atoms with Gasteiger partial charge in [0.2, 0.25) is 0 Å². The highest BCUT2D eigenvalue weighted by molar-refractivity contribution is 6.30. The van der Waals surface area contributed by atoms with Crippen molar-refractivity contribution in [3.05, 3.63) is 59.9 Å². The van der Waals surface area contributed by atoms with E-state index in [1.165, 1.54) is 11.0 Å². The first-order valence-electron chi connectivity index (χ1n) is 7.18. The van der Waals surface area contributed by atoms with Crippen LogP contribution >= 0.6 is 11.6 Å². The van der Waals surface area contributed by atoms with Crippen LogP contribution in [0, 0.1) is 0 Å². The molecule has 24 heavy (non-hydrogen) atoms. The van der Waals surface area contributed by atoms with Crippen LogP contribution in [0.5, 0.6) is 5.75 Å². The monoisotopic (exact) mass is 343 g/mol. The van der Waals surface area contributed by atoms with E-state index in [4.69, 9.17) is 16.3 Å². The Kier molecular flexibility index (Phi) is 4.72. The van der Waals surface area contributed by atoms with Gasteiger partial charge in [0.1, 0.15) is 12.1 Å². The third-order valence-corrected chi connectivity index (χ3v) is 3.46. The van der Waals surface area contributed by atoms with Gasteiger partial charge in [0.25, 0.3) is 5.91 Å². The van der Waals surface area contributed by atoms with Crippen molar-refractivity contribution in [3.63, 3.8) is 0 Å². The van der Waals surface area contributed by atoms with Crippen molar-refractivity contribution in [1.29, 1.82) is 0 Å². The number of tetrazole rings is 1. The zero-order chi connectivity index (χ0) is 16.9. The lowest BCUT2D eigenvalue weighted by Gasteiger charge is -2.15. The number of nitrogens with one attached hydrogen (secondary N) is 1. The van der Waals surface area contributed by atoms with E-state index in [-0.39, 0.29) is 5.91 Å². The Balaban J connectivity index is 1.61. The van der Waals surface area contributed by atoms with Crippen molar-refractivity contribution in [1.82, 2.24) is 20.2 Å². The van der Waals surface area contributed by atoms with Gasteiger partial charge in [-0.1, -0.05) is 17.7 Å². The van der Waals surface area contributed by atoms with Crippen LogP contribution in [-0.2, 0) is 4.79 Å². The number of nitrogens with zero attached hydrogens (tertiary/aromatic N) is 4. The van der Waals surface area contributed by atoms with E-state index in [1.54, 1.807) is 55.5 Å². The summed E-state index contributed by atoms with van der Waals surface area (Å²) in [4.78, 5) is 12.2. The second-order valence-corrected chi connectivity index (χ2v) is 5.44. The summed E-state index contributed by atoms with van der Waals surface area (Å²) in [5.41, 5.74) is 1.42. The molecule has 0 radical (unpaired) electrons. The predicted molar refractivity (Wildman–Crippen MR) is 89.3 cm³/mol. The SMILES string of the molecule is C[C@H](Oc1ccc(-n2cnnn2)cc1)C(=O)Nc1cccc(Cl)c1. The van der Waals surface area contributed by atoms with E-state index in [0.29, 0.717) is 16.5 Å². The van der Waals surface area contributed by atoms with Crippen LogP contribution in [0.15, 0.2) is 54.9 Å². The molecule has 1 aromatic heterocycles. The molecule has 0 aliphatic heterocycles. The number of carbonyl (C=O) groups excluding carboxylic acids is 1. The van der Waals surface area contributed by atoms with Crippen LogP contribution in [0.4, 0.5) is 5.69 Å². The van der Waals surface area contributed by atoms with Gasteiger partial charge in [-0.2, -0.15) is 0 Å². The Morgan fingerprint density at radius 3 is 2.71 bits per heavy atom. The number of hydrogen-bond donors (Lipinski definition) is 1. The molecule has 0 fully saturated rings. The lowest BCUT2D eigenvalue weighted by Crippen LogP contribution is -2.30. The molecule has 0 saturated carbocycles. The molecular weight excluding hydrogens is 330 g/mol. The highest BCUT2D eigenvalue weighted by Crippen LogP contribution is 2.18. The highest BCUT2D eigenvalue weighted by Gasteiger charge is 2.15. The average Bonchev–Trinajstić information content (AvgIpc) is 3.10. The Labute approximate surface area is 143 Å². The molecule has 1 amide bonds. The molecule has 0 aliphatic rings. The first-order valence-corrected chi connectivity index (χ1v) is 7.56. The molecule has 0 saturated heterocycles. The highest BCUT2D eigenvalue weighted by atomic mass is 35.5. The summed E-state index contributed by atoms with van der Waals surface area (Å²) in [6.45, 7) is 1.68. The van der Waals surface area contributed by atoms with Crippen molar-refractivity contribution in [2.24, 2.45) is 0 Å². The third kappa shape index (κ3) is 3.88. The number of halogens is 1. The van der Waals surface area contributed by atoms with Crippen molar-refractivity contribution in [2.75, 3.05) is 5.32 Å². The number of benzene rings is 2. The minimum atomic E-state index is -0.664. The number of amides is 1. The largest absolute Gasteiger partial charge is 0.481 e. The van der Waals surface area contributed by atoms with Gasteiger partial charge in [0, 0.05) is 10.7 Å². The lowest BCUT2D eigenvalue weighted by molar-refractivity contribution is -0.122. The summed E-state index contributed by atoms with van der Waals surface area (Å²) in [6, 6.07) is 14.0. The van der Waals surface area contributed by atoms with E-state index < -0.39 is 6.10 Å². The quantitative estimate of drug-likeness (QED) is 0.770. The van der Waals surface area contributed by atoms with Gasteiger partial charge in [-0.3, -0.25) is 4.79 Å². The van der Waals surface area contributed by atoms with Gasteiger partial charge in [-0.25, -0.2) is 4.68 Å². The molecule has 1 atom stereocenters. The van der Waals surface area contributed by atoms with Crippen molar-refractivity contribution >= 4 is 23.2 Å². The van der Waals surface area contributed by atoms with Crippen LogP contribution in [-0.4, -0.2) is 32.2 Å². The number of aromatic nitrogens is 4. The number of anilines is 1. The fourth-order valence-corrected chi connectivity index (χ4v) is 2.22. The molecule has 0 bridgehead atoms. The summed E-state index contributed by atoms with van der Waals surface area (Å²) in [6.07, 6.45) is 0.833. The molecule has 0 spiro atoms. The molecule has 2 aromatic carbocycles. The topological polar surface area (TPSA) is 81.9 Å². The Bertz CT molecular complexity index is 821. The minimum absolute atomic E-state index is 0.262. The molecule has 122 valence electrons. The zero-order valence-electron chi connectivity index (χ0n) is 12.8. The zero-order valence-corrected chi connectivity index (χ0v) is 13.5. The second-order valence-electron chi connectivity index (χ2n) is 5.01. The standard InChI is InChI=1S/C16H14ClN5O2/c1-11(16(23)19-13-4-2-3-12(17)9-13)24-15-7-5-14(6-8-15)22-10-18-20-21-22/h2-11H,1H3,(H,19,23)/t11-/m0/s1. The van der Waals surface area contributed by atoms with E-state index in [2.05, 4.69) is 20.8 Å². The van der Waals surface area contributed by atoms with Crippen LogP contribution in [0.1, 0.15) is 6.92 Å². The summed E-state index contributed by atoms with van der Waals surface area (Å²) in [5.74, 6) is 0.308. The van der Waals surface area contributed by atoms with Crippen LogP contribution in [0.3, 0.4) is 0 Å². The first-order chi connectivity index (χ1) is 11.6. The molecule has 1 N–H and O–H groups in total. The summed E-state index contributed by atoms with van der Waals surface area (Å²) < 4.78 is 7.17. The van der Waals surface area contributed by atoms with Gasteiger partial charge in [0.15, 0.2) is 6.10 Å². The second kappa shape index (κ2) is 7.10. The maximum Gasteiger partial charge on any atom is 0.265 e. The van der Waals surface area contributed by atoms with E-state index in [9.17, 15) is 4.79 Å². The number of carbonyl (C=O) groups is 1. The lowest BCUT2D eigenvalue weighted by atomic mass is 10.3. The van der Waals surface area contributed by atoms with Gasteiger partial charge in [0.05, 0.1) is 5.69 Å². The fraction of sp³-hybridized carbons (Fsp3) is 0.125. The van der Waals surface area contributed by atoms with E-state index >= 15 is 0 Å². The van der Waals surface area contributed by atoms with Crippen LogP contribution < -0.4 is 10.1 Å². The maximum atomic E-state index is 12.2. The van der Waals surface area contributed by atoms with Gasteiger partial charge < -0.3 is 10.1 Å². The number of rotatable bonds is 5. The molecule has 0 unspecified atom stereocenters. The average molecular weight is 344 g/mol. The molecule has 3 rings (SSSR count). The Morgan fingerprint density at radius 1 is 1.25 bits per heavy atom. The smallest absolute Gasteiger partial charge is 0.265 e. The van der Waals surface area contributed by atoms with Crippen molar-refractivity contribution in [3.8, 4) is 11.4 Å². The van der Waals surface area contributed by atoms with Gasteiger partial charge in [-0.05, 0) is 59.8 Å². The Morgan fingerprint density at radius 2 is 2.04 bits per heavy atom.